The predicted molar refractivity (Wildman–Crippen MR) is 85.4 cm³/mol. The molecule has 5 nitrogen and oxygen atoms in total. The molecule has 1 N–H and O–H groups in total. The van der Waals surface area contributed by atoms with Crippen molar-refractivity contribution in [2.45, 2.75) is 38.8 Å². The third-order valence-corrected chi connectivity index (χ3v) is 5.43. The smallest absolute Gasteiger partial charge is 0.235 e. The van der Waals surface area contributed by atoms with E-state index in [1.807, 2.05) is 38.1 Å². The van der Waals surface area contributed by atoms with Gasteiger partial charge in [-0.2, -0.15) is 0 Å². The van der Waals surface area contributed by atoms with Gasteiger partial charge >= 0.3 is 0 Å². The molecule has 22 heavy (non-hydrogen) atoms. The number of carbonyl (C=O) groups excluding carboxylic acids is 1. The summed E-state index contributed by atoms with van der Waals surface area (Å²) in [6.07, 6.45) is 1.38. The van der Waals surface area contributed by atoms with Gasteiger partial charge in [-0.05, 0) is 37.8 Å². The zero-order chi connectivity index (χ0) is 16.2. The standard InChI is InChI=1S/C16H23NO4S/c1-12-6-3-4-8-15(12)13(2)17-16(18)11-22(19,20)10-14-7-5-9-21-14/h3-4,6,8,13-14H,5,7,9-11H2,1-2H3,(H,17,18)/t13-,14-/m0/s1. The van der Waals surface area contributed by atoms with Crippen molar-refractivity contribution in [1.82, 2.24) is 5.32 Å². The maximum absolute atomic E-state index is 12.0. The third-order valence-electron chi connectivity index (χ3n) is 3.85. The first-order valence-corrected chi connectivity index (χ1v) is 9.36. The van der Waals surface area contributed by atoms with Gasteiger partial charge in [0.2, 0.25) is 5.91 Å². The van der Waals surface area contributed by atoms with Gasteiger partial charge in [0.05, 0.1) is 17.9 Å². The normalized spacial score (nSPS) is 19.8. The van der Waals surface area contributed by atoms with Gasteiger partial charge in [-0.3, -0.25) is 4.79 Å². The Balaban J connectivity index is 1.90. The number of ether oxygens (including phenoxy) is 1. The second-order valence-electron chi connectivity index (χ2n) is 5.84. The Bertz CT molecular complexity index is 621. The minimum Gasteiger partial charge on any atom is -0.377 e. The van der Waals surface area contributed by atoms with Gasteiger partial charge in [0, 0.05) is 6.61 Å². The lowest BCUT2D eigenvalue weighted by molar-refractivity contribution is -0.119. The molecule has 122 valence electrons. The molecule has 1 amide bonds. The summed E-state index contributed by atoms with van der Waals surface area (Å²) in [7, 11) is -3.44. The van der Waals surface area contributed by atoms with Crippen molar-refractivity contribution in [3.63, 3.8) is 0 Å². The van der Waals surface area contributed by atoms with Crippen LogP contribution in [-0.4, -0.2) is 38.5 Å². The fourth-order valence-electron chi connectivity index (χ4n) is 2.75. The molecule has 0 aromatic heterocycles. The minimum absolute atomic E-state index is 0.0703. The highest BCUT2D eigenvalue weighted by Gasteiger charge is 2.26. The minimum atomic E-state index is -3.44. The van der Waals surface area contributed by atoms with Crippen LogP contribution in [0.15, 0.2) is 24.3 Å². The molecule has 0 aliphatic carbocycles. The van der Waals surface area contributed by atoms with E-state index < -0.39 is 21.5 Å². The number of nitrogens with one attached hydrogen (secondary N) is 1. The van der Waals surface area contributed by atoms with Crippen molar-refractivity contribution in [3.05, 3.63) is 35.4 Å². The Morgan fingerprint density at radius 3 is 2.77 bits per heavy atom. The number of benzene rings is 1. The first kappa shape index (κ1) is 17.0. The Labute approximate surface area is 132 Å². The van der Waals surface area contributed by atoms with E-state index in [9.17, 15) is 13.2 Å². The summed E-state index contributed by atoms with van der Waals surface area (Å²) in [5, 5.41) is 2.76. The van der Waals surface area contributed by atoms with E-state index in [4.69, 9.17) is 4.74 Å². The van der Waals surface area contributed by atoms with Crippen molar-refractivity contribution in [2.24, 2.45) is 0 Å². The zero-order valence-corrected chi connectivity index (χ0v) is 13.9. The molecule has 1 aliphatic rings. The summed E-state index contributed by atoms with van der Waals surface area (Å²) in [4.78, 5) is 12.0. The highest BCUT2D eigenvalue weighted by molar-refractivity contribution is 7.92. The molecule has 6 heteroatoms. The SMILES string of the molecule is Cc1ccccc1[C@H](C)NC(=O)CS(=O)(=O)C[C@@H]1CCCO1. The summed E-state index contributed by atoms with van der Waals surface area (Å²) >= 11 is 0. The highest BCUT2D eigenvalue weighted by atomic mass is 32.2. The summed E-state index contributed by atoms with van der Waals surface area (Å²) in [6, 6.07) is 7.51. The molecule has 1 heterocycles. The summed E-state index contributed by atoms with van der Waals surface area (Å²) in [6.45, 7) is 4.43. The molecule has 1 aromatic rings. The van der Waals surface area contributed by atoms with Gasteiger partial charge in [0.15, 0.2) is 9.84 Å². The average Bonchev–Trinajstić information content (AvgIpc) is 2.90. The number of carbonyl (C=O) groups is 1. The lowest BCUT2D eigenvalue weighted by Crippen LogP contribution is -2.35. The molecule has 0 radical (unpaired) electrons. The van der Waals surface area contributed by atoms with Crippen LogP contribution in [-0.2, 0) is 19.4 Å². The quantitative estimate of drug-likeness (QED) is 0.865. The predicted octanol–water partition coefficient (Wildman–Crippen LogP) is 1.77. The van der Waals surface area contributed by atoms with E-state index in [0.29, 0.717) is 6.61 Å². The topological polar surface area (TPSA) is 72.5 Å². The number of hydrogen-bond donors (Lipinski definition) is 1. The van der Waals surface area contributed by atoms with Crippen molar-refractivity contribution < 1.29 is 17.9 Å². The van der Waals surface area contributed by atoms with Crippen LogP contribution in [0.4, 0.5) is 0 Å². The van der Waals surface area contributed by atoms with Gasteiger partial charge in [-0.25, -0.2) is 8.42 Å². The summed E-state index contributed by atoms with van der Waals surface area (Å²) < 4.78 is 29.4. The molecule has 1 aromatic carbocycles. The molecule has 0 unspecified atom stereocenters. The van der Waals surface area contributed by atoms with Crippen LogP contribution in [0, 0.1) is 6.92 Å². The average molecular weight is 325 g/mol. The highest BCUT2D eigenvalue weighted by Crippen LogP contribution is 2.17. The van der Waals surface area contributed by atoms with E-state index in [2.05, 4.69) is 5.32 Å². The number of rotatable bonds is 6. The molecule has 1 aliphatic heterocycles. The van der Waals surface area contributed by atoms with Crippen LogP contribution >= 0.6 is 0 Å². The largest absolute Gasteiger partial charge is 0.377 e. The Kier molecular flexibility index (Phi) is 5.58. The van der Waals surface area contributed by atoms with E-state index in [-0.39, 0.29) is 17.9 Å². The van der Waals surface area contributed by atoms with Crippen LogP contribution in [0.1, 0.15) is 36.9 Å². The molecular weight excluding hydrogens is 302 g/mol. The Morgan fingerprint density at radius 2 is 2.14 bits per heavy atom. The molecule has 0 bridgehead atoms. The van der Waals surface area contributed by atoms with E-state index in [1.165, 1.54) is 0 Å². The van der Waals surface area contributed by atoms with Gasteiger partial charge in [0.25, 0.3) is 0 Å². The molecule has 1 saturated heterocycles. The van der Waals surface area contributed by atoms with Gasteiger partial charge < -0.3 is 10.1 Å². The second kappa shape index (κ2) is 7.24. The molecule has 1 fully saturated rings. The molecule has 2 atom stereocenters. The number of sulfone groups is 1. The first-order valence-electron chi connectivity index (χ1n) is 7.54. The van der Waals surface area contributed by atoms with Gasteiger partial charge in [-0.1, -0.05) is 24.3 Å². The number of amides is 1. The monoisotopic (exact) mass is 325 g/mol. The van der Waals surface area contributed by atoms with E-state index in [0.717, 1.165) is 24.0 Å². The van der Waals surface area contributed by atoms with Crippen LogP contribution in [0.2, 0.25) is 0 Å². The Morgan fingerprint density at radius 1 is 1.41 bits per heavy atom. The van der Waals surface area contributed by atoms with Crippen molar-refractivity contribution in [2.75, 3.05) is 18.1 Å². The van der Waals surface area contributed by atoms with Crippen LogP contribution in [0.5, 0.6) is 0 Å². The molecule has 0 saturated carbocycles. The van der Waals surface area contributed by atoms with E-state index in [1.54, 1.807) is 0 Å². The first-order chi connectivity index (χ1) is 10.4. The second-order valence-corrected chi connectivity index (χ2v) is 7.94. The number of hydrogen-bond acceptors (Lipinski definition) is 4. The van der Waals surface area contributed by atoms with Crippen LogP contribution < -0.4 is 5.32 Å². The summed E-state index contributed by atoms with van der Waals surface area (Å²) in [5.41, 5.74) is 2.06. The molecule has 2 rings (SSSR count). The maximum Gasteiger partial charge on any atom is 0.235 e. The van der Waals surface area contributed by atoms with Crippen molar-refractivity contribution >= 4 is 15.7 Å². The fraction of sp³-hybridized carbons (Fsp3) is 0.562. The van der Waals surface area contributed by atoms with E-state index >= 15 is 0 Å². The van der Waals surface area contributed by atoms with Gasteiger partial charge in [-0.15, -0.1) is 0 Å². The lowest BCUT2D eigenvalue weighted by atomic mass is 10.0. The van der Waals surface area contributed by atoms with Crippen molar-refractivity contribution in [3.8, 4) is 0 Å². The summed E-state index contributed by atoms with van der Waals surface area (Å²) in [5.74, 6) is -1.02. The zero-order valence-electron chi connectivity index (χ0n) is 13.0. The van der Waals surface area contributed by atoms with Gasteiger partial charge in [0.1, 0.15) is 5.75 Å². The maximum atomic E-state index is 12.0. The molecule has 0 spiro atoms. The molecular formula is C16H23NO4S. The fourth-order valence-corrected chi connectivity index (χ4v) is 4.18. The Hall–Kier alpha value is -1.40. The van der Waals surface area contributed by atoms with Crippen molar-refractivity contribution in [1.29, 1.82) is 0 Å². The van der Waals surface area contributed by atoms with Crippen LogP contribution in [0.25, 0.3) is 0 Å². The number of aryl methyl sites for hydroxylation is 1. The lowest BCUT2D eigenvalue weighted by Gasteiger charge is -2.17. The van der Waals surface area contributed by atoms with Crippen LogP contribution in [0.3, 0.4) is 0 Å². The third kappa shape index (κ3) is 4.81.